The molecule has 36 heavy (non-hydrogen) atoms. The van der Waals surface area contributed by atoms with Gasteiger partial charge in [-0.3, -0.25) is 4.57 Å². The Balaban J connectivity index is 1.61. The van der Waals surface area contributed by atoms with Crippen LogP contribution in [-0.2, 0) is 0 Å². The molecule has 0 unspecified atom stereocenters. The Morgan fingerprint density at radius 2 is 1.08 bits per heavy atom. The Morgan fingerprint density at radius 1 is 0.528 bits per heavy atom. The summed E-state index contributed by atoms with van der Waals surface area (Å²) in [6.07, 6.45) is 0. The van der Waals surface area contributed by atoms with E-state index in [-0.39, 0.29) is 0 Å². The highest BCUT2D eigenvalue weighted by atomic mass is 15.1. The topological polar surface area (TPSA) is 17.8 Å². The van der Waals surface area contributed by atoms with Crippen molar-refractivity contribution in [3.63, 3.8) is 0 Å². The second-order valence-electron chi connectivity index (χ2n) is 9.31. The van der Waals surface area contributed by atoms with Crippen LogP contribution in [0.4, 0.5) is 0 Å². The molecule has 0 fully saturated rings. The highest BCUT2D eigenvalue weighted by Crippen LogP contribution is 2.41. The van der Waals surface area contributed by atoms with Crippen molar-refractivity contribution in [2.45, 2.75) is 6.92 Å². The number of fused-ring (bicyclic) bond motifs is 4. The van der Waals surface area contributed by atoms with Gasteiger partial charge in [-0.1, -0.05) is 97.1 Å². The predicted octanol–water partition coefficient (Wildman–Crippen LogP) is 8.93. The average Bonchev–Trinajstić information content (AvgIpc) is 3.33. The fraction of sp³-hybridized carbons (Fsp3) is 0.0294. The van der Waals surface area contributed by atoms with Crippen LogP contribution >= 0.6 is 0 Å². The standard InChI is InChI=1S/C34H24N2/c1-23-29-16-9-11-19-32(29)36(34-33(23)30-17-8-10-18-31(30)35-34)28-21-26(24-12-4-2-5-13-24)20-27(22-28)25-14-6-3-7-15-25/h2-22H,1H3. The minimum Gasteiger partial charge on any atom is -0.294 e. The first kappa shape index (κ1) is 20.7. The molecule has 2 aliphatic heterocycles. The van der Waals surface area contributed by atoms with E-state index >= 15 is 0 Å². The average molecular weight is 461 g/mol. The number of pyridine rings is 1. The minimum absolute atomic E-state index is 0.997. The fourth-order valence-electron chi connectivity index (χ4n) is 5.44. The van der Waals surface area contributed by atoms with Gasteiger partial charge in [-0.05, 0) is 65.1 Å². The molecule has 0 amide bonds. The molecule has 0 saturated heterocycles. The summed E-state index contributed by atoms with van der Waals surface area (Å²) in [5, 5.41) is 2.45. The first-order valence-corrected chi connectivity index (χ1v) is 12.3. The lowest BCUT2D eigenvalue weighted by atomic mass is 9.96. The van der Waals surface area contributed by atoms with E-state index < -0.39 is 0 Å². The maximum absolute atomic E-state index is 5.17. The van der Waals surface area contributed by atoms with Gasteiger partial charge in [0.2, 0.25) is 0 Å². The van der Waals surface area contributed by atoms with E-state index in [1.165, 1.54) is 44.2 Å². The van der Waals surface area contributed by atoms with Crippen molar-refractivity contribution in [1.29, 1.82) is 0 Å². The maximum atomic E-state index is 5.17. The molecule has 2 aliphatic rings. The summed E-state index contributed by atoms with van der Waals surface area (Å²) in [7, 11) is 0. The molecular weight excluding hydrogens is 436 g/mol. The van der Waals surface area contributed by atoms with Crippen LogP contribution in [0.5, 0.6) is 0 Å². The Morgan fingerprint density at radius 3 is 1.75 bits per heavy atom. The summed E-state index contributed by atoms with van der Waals surface area (Å²) in [4.78, 5) is 5.17. The van der Waals surface area contributed by atoms with Crippen molar-refractivity contribution in [3.05, 3.63) is 133 Å². The SMILES string of the molecule is Cc1c2c3ccccc3nc-2n(-c2cc(-c3ccccc3)cc(-c3ccccc3)c2)c2ccccc12. The molecule has 5 aromatic rings. The Labute approximate surface area is 210 Å². The maximum Gasteiger partial charge on any atom is 0.146 e. The fourth-order valence-corrected chi connectivity index (χ4v) is 5.44. The zero-order valence-corrected chi connectivity index (χ0v) is 20.0. The quantitative estimate of drug-likeness (QED) is 0.257. The van der Waals surface area contributed by atoms with Gasteiger partial charge < -0.3 is 0 Å². The number of rotatable bonds is 3. The first-order valence-electron chi connectivity index (χ1n) is 12.3. The van der Waals surface area contributed by atoms with Gasteiger partial charge >= 0.3 is 0 Å². The lowest BCUT2D eigenvalue weighted by molar-refractivity contribution is 1.07. The summed E-state index contributed by atoms with van der Waals surface area (Å²) in [5.74, 6) is 0.997. The Bertz CT molecular complexity index is 1770. The van der Waals surface area contributed by atoms with Crippen LogP contribution < -0.4 is 0 Å². The molecular formula is C34H24N2. The molecule has 0 N–H and O–H groups in total. The van der Waals surface area contributed by atoms with E-state index in [1.807, 2.05) is 0 Å². The van der Waals surface area contributed by atoms with Gasteiger partial charge in [0.25, 0.3) is 0 Å². The third kappa shape index (κ3) is 3.23. The highest BCUT2D eigenvalue weighted by Gasteiger charge is 2.22. The number of nitrogens with zero attached hydrogens (tertiary/aromatic N) is 2. The molecule has 0 spiro atoms. The van der Waals surface area contributed by atoms with Crippen LogP contribution in [0.15, 0.2) is 127 Å². The van der Waals surface area contributed by atoms with Crippen LogP contribution in [-0.4, -0.2) is 9.55 Å². The van der Waals surface area contributed by atoms with Crippen LogP contribution in [0.25, 0.3) is 61.1 Å². The number of aryl methyl sites for hydroxylation is 1. The van der Waals surface area contributed by atoms with E-state index in [1.54, 1.807) is 0 Å². The molecule has 2 heteroatoms. The number of hydrogen-bond donors (Lipinski definition) is 0. The zero-order chi connectivity index (χ0) is 24.1. The molecule has 5 aromatic carbocycles. The van der Waals surface area contributed by atoms with Gasteiger partial charge in [0.1, 0.15) is 5.82 Å². The van der Waals surface area contributed by atoms with Gasteiger partial charge in [-0.25, -0.2) is 4.98 Å². The van der Waals surface area contributed by atoms with Gasteiger partial charge in [-0.2, -0.15) is 0 Å². The lowest BCUT2D eigenvalue weighted by Gasteiger charge is -2.21. The van der Waals surface area contributed by atoms with Crippen molar-refractivity contribution in [1.82, 2.24) is 9.55 Å². The minimum atomic E-state index is 0.997. The zero-order valence-electron chi connectivity index (χ0n) is 20.0. The van der Waals surface area contributed by atoms with E-state index in [4.69, 9.17) is 4.98 Å². The number of hydrogen-bond acceptors (Lipinski definition) is 1. The molecule has 0 bridgehead atoms. The van der Waals surface area contributed by atoms with Gasteiger partial charge in [0.15, 0.2) is 0 Å². The van der Waals surface area contributed by atoms with Crippen LogP contribution in [0, 0.1) is 6.92 Å². The van der Waals surface area contributed by atoms with E-state index in [0.717, 1.165) is 22.5 Å². The number of benzene rings is 5. The smallest absolute Gasteiger partial charge is 0.146 e. The largest absolute Gasteiger partial charge is 0.294 e. The molecule has 0 atom stereocenters. The monoisotopic (exact) mass is 460 g/mol. The molecule has 2 heterocycles. The van der Waals surface area contributed by atoms with Gasteiger partial charge in [-0.15, -0.1) is 0 Å². The number of para-hydroxylation sites is 2. The summed E-state index contributed by atoms with van der Waals surface area (Å²) in [6.45, 7) is 2.22. The summed E-state index contributed by atoms with van der Waals surface area (Å²) in [5.41, 5.74) is 10.6. The molecule has 2 nitrogen and oxygen atoms in total. The summed E-state index contributed by atoms with van der Waals surface area (Å²) >= 11 is 0. The number of aromatic nitrogens is 2. The second kappa shape index (κ2) is 8.21. The third-order valence-corrected chi connectivity index (χ3v) is 7.15. The third-order valence-electron chi connectivity index (χ3n) is 7.15. The van der Waals surface area contributed by atoms with Crippen LogP contribution in [0.1, 0.15) is 5.56 Å². The van der Waals surface area contributed by atoms with E-state index in [9.17, 15) is 0 Å². The van der Waals surface area contributed by atoms with Gasteiger partial charge in [0.05, 0.1) is 11.0 Å². The molecule has 0 aliphatic carbocycles. The molecule has 0 saturated carbocycles. The van der Waals surface area contributed by atoms with Crippen LogP contribution in [0.2, 0.25) is 0 Å². The van der Waals surface area contributed by atoms with Crippen molar-refractivity contribution in [3.8, 4) is 39.3 Å². The molecule has 7 rings (SSSR count). The molecule has 170 valence electrons. The normalized spacial score (nSPS) is 11.5. The second-order valence-corrected chi connectivity index (χ2v) is 9.31. The van der Waals surface area contributed by atoms with Crippen molar-refractivity contribution >= 4 is 21.8 Å². The summed E-state index contributed by atoms with van der Waals surface area (Å²) in [6, 6.07) is 45.3. The molecule has 0 radical (unpaired) electrons. The van der Waals surface area contributed by atoms with Crippen molar-refractivity contribution < 1.29 is 0 Å². The van der Waals surface area contributed by atoms with Crippen LogP contribution in [0.3, 0.4) is 0 Å². The Kier molecular flexibility index (Phi) is 4.71. The Hall–Kier alpha value is -4.69. The summed E-state index contributed by atoms with van der Waals surface area (Å²) < 4.78 is 2.34. The van der Waals surface area contributed by atoms with Gasteiger partial charge in [0, 0.05) is 22.0 Å². The highest BCUT2D eigenvalue weighted by molar-refractivity contribution is 6.04. The van der Waals surface area contributed by atoms with E-state index in [2.05, 4.69) is 139 Å². The van der Waals surface area contributed by atoms with E-state index in [0.29, 0.717) is 0 Å². The van der Waals surface area contributed by atoms with Crippen molar-refractivity contribution in [2.24, 2.45) is 0 Å². The molecule has 0 aromatic heterocycles. The first-order chi connectivity index (χ1) is 17.8. The lowest BCUT2D eigenvalue weighted by Crippen LogP contribution is -2.05. The predicted molar refractivity (Wildman–Crippen MR) is 151 cm³/mol. The van der Waals surface area contributed by atoms with Crippen molar-refractivity contribution in [2.75, 3.05) is 0 Å².